The molecular formula is C8H19NOS. The molecule has 0 fully saturated rings. The van der Waals surface area contributed by atoms with E-state index in [1.165, 1.54) is 0 Å². The van der Waals surface area contributed by atoms with Crippen molar-refractivity contribution >= 4 is 10.8 Å². The van der Waals surface area contributed by atoms with Gasteiger partial charge in [-0.15, -0.1) is 0 Å². The Morgan fingerprint density at radius 2 is 2.00 bits per heavy atom. The summed E-state index contributed by atoms with van der Waals surface area (Å²) in [5, 5.41) is 3.45. The maximum Gasteiger partial charge on any atom is 0.0472 e. The van der Waals surface area contributed by atoms with E-state index in [1.54, 1.807) is 0 Å². The molecule has 3 unspecified atom stereocenters. The third-order valence-electron chi connectivity index (χ3n) is 2.08. The molecule has 0 aliphatic heterocycles. The number of nitrogens with one attached hydrogen (secondary N) is 1. The van der Waals surface area contributed by atoms with Crippen molar-refractivity contribution in [1.29, 1.82) is 0 Å². The molecule has 0 saturated carbocycles. The van der Waals surface area contributed by atoms with Crippen molar-refractivity contribution in [1.82, 2.24) is 5.32 Å². The standard InChI is InChI=1S/C8H19NOS/c1-5-8(9-4)7(3)11(10)6-2/h7-9H,5-6H2,1-4H3. The number of rotatable bonds is 5. The van der Waals surface area contributed by atoms with Gasteiger partial charge in [-0.25, -0.2) is 0 Å². The minimum atomic E-state index is -0.664. The first kappa shape index (κ1) is 11.1. The first-order valence-electron chi connectivity index (χ1n) is 4.21. The SMILES string of the molecule is CCC(NC)C(C)S(=O)CC. The predicted molar refractivity (Wildman–Crippen MR) is 51.3 cm³/mol. The minimum Gasteiger partial charge on any atom is -0.316 e. The zero-order chi connectivity index (χ0) is 8.85. The Labute approximate surface area is 72.2 Å². The Hall–Kier alpha value is 0.110. The van der Waals surface area contributed by atoms with Gasteiger partial charge in [-0.1, -0.05) is 13.8 Å². The molecule has 3 atom stereocenters. The second-order valence-electron chi connectivity index (χ2n) is 2.68. The average Bonchev–Trinajstić information content (AvgIpc) is 2.05. The summed E-state index contributed by atoms with van der Waals surface area (Å²) in [5.41, 5.74) is 0. The molecule has 68 valence electrons. The molecule has 1 N–H and O–H groups in total. The minimum absolute atomic E-state index is 0.273. The van der Waals surface area contributed by atoms with E-state index in [4.69, 9.17) is 0 Å². The fourth-order valence-corrected chi connectivity index (χ4v) is 2.44. The molecule has 0 aromatic rings. The van der Waals surface area contributed by atoms with E-state index in [0.29, 0.717) is 6.04 Å². The largest absolute Gasteiger partial charge is 0.316 e. The highest BCUT2D eigenvalue weighted by Crippen LogP contribution is 2.05. The summed E-state index contributed by atoms with van der Waals surface area (Å²) in [6, 6.07) is 0.399. The van der Waals surface area contributed by atoms with Crippen LogP contribution >= 0.6 is 0 Å². The lowest BCUT2D eigenvalue weighted by Crippen LogP contribution is -2.38. The zero-order valence-electron chi connectivity index (χ0n) is 7.89. The predicted octanol–water partition coefficient (Wildman–Crippen LogP) is 1.14. The molecule has 0 bridgehead atoms. The smallest absolute Gasteiger partial charge is 0.0472 e. The average molecular weight is 177 g/mol. The van der Waals surface area contributed by atoms with Crippen molar-refractivity contribution in [3.63, 3.8) is 0 Å². The Morgan fingerprint density at radius 1 is 1.45 bits per heavy atom. The lowest BCUT2D eigenvalue weighted by Gasteiger charge is -2.20. The van der Waals surface area contributed by atoms with Crippen LogP contribution in [0.15, 0.2) is 0 Å². The highest BCUT2D eigenvalue weighted by atomic mass is 32.2. The maximum atomic E-state index is 11.3. The summed E-state index contributed by atoms with van der Waals surface area (Å²) >= 11 is 0. The van der Waals surface area contributed by atoms with Crippen molar-refractivity contribution in [3.8, 4) is 0 Å². The molecule has 2 nitrogen and oxygen atoms in total. The van der Waals surface area contributed by atoms with E-state index in [2.05, 4.69) is 12.2 Å². The van der Waals surface area contributed by atoms with Gasteiger partial charge in [0.15, 0.2) is 0 Å². The topological polar surface area (TPSA) is 29.1 Å². The highest BCUT2D eigenvalue weighted by Gasteiger charge is 2.17. The highest BCUT2D eigenvalue weighted by molar-refractivity contribution is 7.85. The fourth-order valence-electron chi connectivity index (χ4n) is 1.22. The van der Waals surface area contributed by atoms with Gasteiger partial charge < -0.3 is 5.32 Å². The second kappa shape index (κ2) is 5.72. The lowest BCUT2D eigenvalue weighted by molar-refractivity contribution is 0.529. The molecule has 0 aliphatic carbocycles. The first-order chi connectivity index (χ1) is 5.17. The molecule has 0 amide bonds. The molecule has 0 saturated heterocycles. The van der Waals surface area contributed by atoms with Crippen LogP contribution in [0.1, 0.15) is 27.2 Å². The van der Waals surface area contributed by atoms with E-state index in [-0.39, 0.29) is 5.25 Å². The fraction of sp³-hybridized carbons (Fsp3) is 1.00. The van der Waals surface area contributed by atoms with Crippen LogP contribution in [0.25, 0.3) is 0 Å². The van der Waals surface area contributed by atoms with Crippen LogP contribution in [-0.2, 0) is 10.8 Å². The van der Waals surface area contributed by atoms with Gasteiger partial charge in [0.25, 0.3) is 0 Å². The van der Waals surface area contributed by atoms with Crippen LogP contribution in [0.3, 0.4) is 0 Å². The third kappa shape index (κ3) is 3.34. The number of hydrogen-bond donors (Lipinski definition) is 1. The van der Waals surface area contributed by atoms with Gasteiger partial charge in [-0.2, -0.15) is 0 Å². The van der Waals surface area contributed by atoms with Crippen molar-refractivity contribution in [2.75, 3.05) is 12.8 Å². The van der Waals surface area contributed by atoms with Crippen molar-refractivity contribution in [2.45, 2.75) is 38.5 Å². The third-order valence-corrected chi connectivity index (χ3v) is 3.80. The van der Waals surface area contributed by atoms with Crippen LogP contribution in [0.2, 0.25) is 0 Å². The van der Waals surface area contributed by atoms with E-state index >= 15 is 0 Å². The normalized spacial score (nSPS) is 19.3. The van der Waals surface area contributed by atoms with Gasteiger partial charge in [0.2, 0.25) is 0 Å². The summed E-state index contributed by atoms with van der Waals surface area (Å²) in [6.07, 6.45) is 1.05. The monoisotopic (exact) mass is 177 g/mol. The van der Waals surface area contributed by atoms with Crippen LogP contribution in [-0.4, -0.2) is 28.3 Å². The van der Waals surface area contributed by atoms with Crippen LogP contribution in [0.4, 0.5) is 0 Å². The Bertz CT molecular complexity index is 123. The van der Waals surface area contributed by atoms with Gasteiger partial charge >= 0.3 is 0 Å². The van der Waals surface area contributed by atoms with E-state index in [1.807, 2.05) is 20.9 Å². The van der Waals surface area contributed by atoms with Crippen LogP contribution in [0, 0.1) is 0 Å². The Morgan fingerprint density at radius 3 is 2.27 bits per heavy atom. The molecule has 0 aromatic carbocycles. The first-order valence-corrected chi connectivity index (χ1v) is 5.59. The van der Waals surface area contributed by atoms with E-state index < -0.39 is 10.8 Å². The maximum absolute atomic E-state index is 11.3. The van der Waals surface area contributed by atoms with Crippen molar-refractivity contribution in [2.24, 2.45) is 0 Å². The molecule has 0 aromatic heterocycles. The van der Waals surface area contributed by atoms with E-state index in [0.717, 1.165) is 12.2 Å². The number of hydrogen-bond acceptors (Lipinski definition) is 2. The summed E-state index contributed by atoms with van der Waals surface area (Å²) in [7, 11) is 1.26. The Balaban J connectivity index is 3.97. The van der Waals surface area contributed by atoms with Crippen molar-refractivity contribution in [3.05, 3.63) is 0 Å². The molecule has 0 aliphatic rings. The summed E-state index contributed by atoms with van der Waals surface area (Å²) in [5.74, 6) is 0.763. The van der Waals surface area contributed by atoms with Gasteiger partial charge in [0.1, 0.15) is 0 Å². The summed E-state index contributed by atoms with van der Waals surface area (Å²) in [4.78, 5) is 0. The second-order valence-corrected chi connectivity index (χ2v) is 4.76. The van der Waals surface area contributed by atoms with Gasteiger partial charge in [-0.05, 0) is 20.4 Å². The molecule has 0 radical (unpaired) electrons. The summed E-state index contributed by atoms with van der Waals surface area (Å²) < 4.78 is 11.3. The molecular weight excluding hydrogens is 158 g/mol. The molecule has 11 heavy (non-hydrogen) atoms. The lowest BCUT2D eigenvalue weighted by atomic mass is 10.2. The molecule has 3 heteroatoms. The Kier molecular flexibility index (Phi) is 5.78. The van der Waals surface area contributed by atoms with Crippen LogP contribution < -0.4 is 5.32 Å². The van der Waals surface area contributed by atoms with Gasteiger partial charge in [0, 0.05) is 27.8 Å². The van der Waals surface area contributed by atoms with Gasteiger partial charge in [0.05, 0.1) is 0 Å². The quantitative estimate of drug-likeness (QED) is 0.682. The zero-order valence-corrected chi connectivity index (χ0v) is 8.70. The molecule has 0 rings (SSSR count). The molecule has 0 spiro atoms. The van der Waals surface area contributed by atoms with Crippen molar-refractivity contribution < 1.29 is 4.21 Å². The van der Waals surface area contributed by atoms with Gasteiger partial charge in [-0.3, -0.25) is 4.21 Å². The van der Waals surface area contributed by atoms with E-state index in [9.17, 15) is 4.21 Å². The molecule has 0 heterocycles. The van der Waals surface area contributed by atoms with Crippen LogP contribution in [0.5, 0.6) is 0 Å². The summed E-state index contributed by atoms with van der Waals surface area (Å²) in [6.45, 7) is 6.13.